The second-order valence-electron chi connectivity index (χ2n) is 6.82. The summed E-state index contributed by atoms with van der Waals surface area (Å²) in [5.41, 5.74) is 3.20. The summed E-state index contributed by atoms with van der Waals surface area (Å²) in [6, 6.07) is 0.341. The molecule has 0 saturated heterocycles. The molecular weight excluding hydrogens is 248 g/mol. The molecule has 3 atom stereocenters. The SMILES string of the molecule is CCOC1(C(NN)C2CCCCC2CC)CCCCC1. The highest BCUT2D eigenvalue weighted by molar-refractivity contribution is 5.00. The molecule has 0 spiro atoms. The molecule has 3 N–H and O–H groups in total. The smallest absolute Gasteiger partial charge is 0.0850 e. The predicted molar refractivity (Wildman–Crippen MR) is 84.3 cm³/mol. The van der Waals surface area contributed by atoms with Crippen LogP contribution >= 0.6 is 0 Å². The number of nitrogens with two attached hydrogens (primary N) is 1. The van der Waals surface area contributed by atoms with Gasteiger partial charge in [-0.3, -0.25) is 11.3 Å². The van der Waals surface area contributed by atoms with Crippen molar-refractivity contribution in [2.45, 2.75) is 89.7 Å². The summed E-state index contributed by atoms with van der Waals surface area (Å²) in [5.74, 6) is 7.56. The van der Waals surface area contributed by atoms with Crippen molar-refractivity contribution >= 4 is 0 Å². The van der Waals surface area contributed by atoms with Crippen LogP contribution in [-0.4, -0.2) is 18.2 Å². The average molecular weight is 282 g/mol. The number of hydrazine groups is 1. The fraction of sp³-hybridized carbons (Fsp3) is 1.00. The first-order valence-corrected chi connectivity index (χ1v) is 8.87. The first-order valence-electron chi connectivity index (χ1n) is 8.87. The van der Waals surface area contributed by atoms with Crippen molar-refractivity contribution in [1.82, 2.24) is 5.43 Å². The van der Waals surface area contributed by atoms with E-state index in [0.717, 1.165) is 12.5 Å². The second-order valence-corrected chi connectivity index (χ2v) is 6.82. The van der Waals surface area contributed by atoms with Gasteiger partial charge in [0.2, 0.25) is 0 Å². The molecule has 0 aromatic rings. The number of hydrogen-bond donors (Lipinski definition) is 2. The number of ether oxygens (including phenoxy) is 1. The number of nitrogens with one attached hydrogen (secondary N) is 1. The maximum Gasteiger partial charge on any atom is 0.0850 e. The van der Waals surface area contributed by atoms with Gasteiger partial charge < -0.3 is 4.74 Å². The van der Waals surface area contributed by atoms with Crippen LogP contribution in [0.5, 0.6) is 0 Å². The Hall–Kier alpha value is -0.120. The molecule has 2 saturated carbocycles. The summed E-state index contributed by atoms with van der Waals surface area (Å²) in [6.07, 6.45) is 13.0. The lowest BCUT2D eigenvalue weighted by Gasteiger charge is -2.49. The molecular formula is C17H34N2O. The molecule has 118 valence electrons. The van der Waals surface area contributed by atoms with Gasteiger partial charge in [0.05, 0.1) is 11.6 Å². The molecule has 3 heteroatoms. The Bertz CT molecular complexity index is 271. The number of hydrogen-bond acceptors (Lipinski definition) is 3. The minimum absolute atomic E-state index is 0.00280. The minimum atomic E-state index is -0.00280. The van der Waals surface area contributed by atoms with Crippen molar-refractivity contribution in [3.63, 3.8) is 0 Å². The van der Waals surface area contributed by atoms with Gasteiger partial charge in [0.15, 0.2) is 0 Å². The van der Waals surface area contributed by atoms with Crippen molar-refractivity contribution in [3.8, 4) is 0 Å². The van der Waals surface area contributed by atoms with Crippen LogP contribution in [0.25, 0.3) is 0 Å². The normalized spacial score (nSPS) is 31.9. The third kappa shape index (κ3) is 3.37. The third-order valence-electron chi connectivity index (χ3n) is 5.80. The van der Waals surface area contributed by atoms with Crippen molar-refractivity contribution in [2.75, 3.05) is 6.61 Å². The first-order chi connectivity index (χ1) is 9.77. The summed E-state index contributed by atoms with van der Waals surface area (Å²) in [7, 11) is 0. The van der Waals surface area contributed by atoms with E-state index in [4.69, 9.17) is 10.6 Å². The van der Waals surface area contributed by atoms with Gasteiger partial charge in [-0.1, -0.05) is 51.9 Å². The molecule has 0 bridgehead atoms. The second kappa shape index (κ2) is 7.77. The molecule has 0 aromatic heterocycles. The number of rotatable bonds is 6. The van der Waals surface area contributed by atoms with Crippen LogP contribution in [0.1, 0.15) is 78.1 Å². The van der Waals surface area contributed by atoms with E-state index in [0.29, 0.717) is 12.0 Å². The van der Waals surface area contributed by atoms with Crippen LogP contribution in [0.2, 0.25) is 0 Å². The Morgan fingerprint density at radius 3 is 2.40 bits per heavy atom. The first kappa shape index (κ1) is 16.3. The van der Waals surface area contributed by atoms with Crippen molar-refractivity contribution in [1.29, 1.82) is 0 Å². The van der Waals surface area contributed by atoms with E-state index in [1.54, 1.807) is 0 Å². The Morgan fingerprint density at radius 2 is 1.80 bits per heavy atom. The zero-order valence-electron chi connectivity index (χ0n) is 13.5. The minimum Gasteiger partial charge on any atom is -0.374 e. The van der Waals surface area contributed by atoms with E-state index in [1.807, 2.05) is 0 Å². The highest BCUT2D eigenvalue weighted by atomic mass is 16.5. The molecule has 2 aliphatic rings. The van der Waals surface area contributed by atoms with E-state index in [-0.39, 0.29) is 5.60 Å². The van der Waals surface area contributed by atoms with Crippen molar-refractivity contribution in [3.05, 3.63) is 0 Å². The van der Waals surface area contributed by atoms with Crippen LogP contribution in [0.15, 0.2) is 0 Å². The average Bonchev–Trinajstić information content (AvgIpc) is 2.49. The molecule has 0 aliphatic heterocycles. The molecule has 0 heterocycles. The lowest BCUT2D eigenvalue weighted by molar-refractivity contribution is -0.112. The van der Waals surface area contributed by atoms with E-state index >= 15 is 0 Å². The van der Waals surface area contributed by atoms with E-state index in [2.05, 4.69) is 19.3 Å². The summed E-state index contributed by atoms with van der Waals surface area (Å²) in [4.78, 5) is 0. The van der Waals surface area contributed by atoms with E-state index in [1.165, 1.54) is 64.2 Å². The lowest BCUT2D eigenvalue weighted by Crippen LogP contribution is -2.60. The van der Waals surface area contributed by atoms with Crippen LogP contribution in [-0.2, 0) is 4.74 Å². The van der Waals surface area contributed by atoms with Gasteiger partial charge in [0, 0.05) is 6.61 Å². The third-order valence-corrected chi connectivity index (χ3v) is 5.80. The Morgan fingerprint density at radius 1 is 1.10 bits per heavy atom. The predicted octanol–water partition coefficient (Wildman–Crippen LogP) is 3.77. The highest BCUT2D eigenvalue weighted by Crippen LogP contribution is 2.43. The van der Waals surface area contributed by atoms with E-state index < -0.39 is 0 Å². The van der Waals surface area contributed by atoms with Gasteiger partial charge in [0.1, 0.15) is 0 Å². The standard InChI is InChI=1S/C17H34N2O/c1-3-14-10-6-7-11-15(14)16(19-18)17(20-4-2)12-8-5-9-13-17/h14-16,19H,3-13,18H2,1-2H3. The molecule has 0 amide bonds. The summed E-state index contributed by atoms with van der Waals surface area (Å²) in [5, 5.41) is 0. The molecule has 20 heavy (non-hydrogen) atoms. The van der Waals surface area contributed by atoms with Gasteiger partial charge in [-0.15, -0.1) is 0 Å². The molecule has 3 nitrogen and oxygen atoms in total. The quantitative estimate of drug-likeness (QED) is 0.576. The summed E-state index contributed by atoms with van der Waals surface area (Å²) in [6.45, 7) is 5.27. The van der Waals surface area contributed by atoms with Gasteiger partial charge in [0.25, 0.3) is 0 Å². The maximum absolute atomic E-state index is 6.33. The molecule has 0 radical (unpaired) electrons. The van der Waals surface area contributed by atoms with E-state index in [9.17, 15) is 0 Å². The highest BCUT2D eigenvalue weighted by Gasteiger charge is 2.46. The molecule has 2 rings (SSSR count). The van der Waals surface area contributed by atoms with Crippen LogP contribution in [0.4, 0.5) is 0 Å². The van der Waals surface area contributed by atoms with Crippen LogP contribution in [0.3, 0.4) is 0 Å². The lowest BCUT2D eigenvalue weighted by atomic mass is 9.66. The maximum atomic E-state index is 6.33. The monoisotopic (exact) mass is 282 g/mol. The zero-order chi connectivity index (χ0) is 14.4. The van der Waals surface area contributed by atoms with Gasteiger partial charge in [-0.25, -0.2) is 0 Å². The Balaban J connectivity index is 2.17. The van der Waals surface area contributed by atoms with Crippen molar-refractivity contribution < 1.29 is 4.74 Å². The Labute approximate surface area is 125 Å². The van der Waals surface area contributed by atoms with Crippen LogP contribution in [0, 0.1) is 11.8 Å². The fourth-order valence-electron chi connectivity index (χ4n) is 4.83. The zero-order valence-corrected chi connectivity index (χ0v) is 13.5. The van der Waals surface area contributed by atoms with Gasteiger partial charge in [-0.2, -0.15) is 0 Å². The van der Waals surface area contributed by atoms with Gasteiger partial charge in [-0.05, 0) is 38.0 Å². The summed E-state index contributed by atoms with van der Waals surface area (Å²) < 4.78 is 6.33. The molecule has 0 aromatic carbocycles. The molecule has 3 unspecified atom stereocenters. The topological polar surface area (TPSA) is 47.3 Å². The van der Waals surface area contributed by atoms with Gasteiger partial charge >= 0.3 is 0 Å². The molecule has 2 aliphatic carbocycles. The summed E-state index contributed by atoms with van der Waals surface area (Å²) >= 11 is 0. The fourth-order valence-corrected chi connectivity index (χ4v) is 4.83. The largest absolute Gasteiger partial charge is 0.374 e. The molecule has 2 fully saturated rings. The Kier molecular flexibility index (Phi) is 6.31. The van der Waals surface area contributed by atoms with Crippen LogP contribution < -0.4 is 11.3 Å². The van der Waals surface area contributed by atoms with Crippen molar-refractivity contribution in [2.24, 2.45) is 17.7 Å².